The summed E-state index contributed by atoms with van der Waals surface area (Å²) in [5, 5.41) is 10.7. The molecular weight excluding hydrogens is 385 g/mol. The standard InChI is InChI=1S/C21H23Cl2NO3/c1-21(2,3)27-20(26)12-18(15-9-16(22)11-17(23)10-15)24-19(13-25)14-7-5-4-6-8-14/h4-11,19,25H,12-13H2,1-3H3/t19-/m1/s1. The van der Waals surface area contributed by atoms with Crippen molar-refractivity contribution in [1.82, 2.24) is 0 Å². The first kappa shape index (κ1) is 21.4. The summed E-state index contributed by atoms with van der Waals surface area (Å²) in [4.78, 5) is 17.0. The van der Waals surface area contributed by atoms with Gasteiger partial charge < -0.3 is 9.84 Å². The van der Waals surface area contributed by atoms with Crippen molar-refractivity contribution in [1.29, 1.82) is 0 Å². The molecule has 0 spiro atoms. The van der Waals surface area contributed by atoms with E-state index in [2.05, 4.69) is 4.99 Å². The van der Waals surface area contributed by atoms with Crippen molar-refractivity contribution in [3.8, 4) is 0 Å². The number of aliphatic hydroxyl groups is 1. The molecule has 0 radical (unpaired) electrons. The first-order valence-corrected chi connectivity index (χ1v) is 9.34. The molecule has 0 heterocycles. The van der Waals surface area contributed by atoms with Gasteiger partial charge in [-0.25, -0.2) is 0 Å². The van der Waals surface area contributed by atoms with Crippen LogP contribution in [0.3, 0.4) is 0 Å². The molecule has 0 aromatic heterocycles. The van der Waals surface area contributed by atoms with Crippen molar-refractivity contribution in [3.05, 3.63) is 69.7 Å². The molecule has 0 aliphatic heterocycles. The van der Waals surface area contributed by atoms with Crippen molar-refractivity contribution >= 4 is 34.9 Å². The molecule has 0 saturated carbocycles. The van der Waals surface area contributed by atoms with Crippen molar-refractivity contribution < 1.29 is 14.6 Å². The van der Waals surface area contributed by atoms with Gasteiger partial charge in [0.25, 0.3) is 0 Å². The van der Waals surface area contributed by atoms with E-state index in [9.17, 15) is 9.90 Å². The van der Waals surface area contributed by atoms with E-state index in [1.807, 2.05) is 30.3 Å². The number of aliphatic hydroxyl groups excluding tert-OH is 1. The van der Waals surface area contributed by atoms with Crippen LogP contribution in [0.25, 0.3) is 0 Å². The van der Waals surface area contributed by atoms with E-state index >= 15 is 0 Å². The van der Waals surface area contributed by atoms with Gasteiger partial charge in [-0.3, -0.25) is 9.79 Å². The number of hydrogen-bond donors (Lipinski definition) is 1. The van der Waals surface area contributed by atoms with E-state index in [1.165, 1.54) is 0 Å². The van der Waals surface area contributed by atoms with Gasteiger partial charge >= 0.3 is 5.97 Å². The molecule has 2 aromatic rings. The Hall–Kier alpha value is -1.88. The van der Waals surface area contributed by atoms with Gasteiger partial charge in [0, 0.05) is 10.0 Å². The minimum Gasteiger partial charge on any atom is -0.460 e. The number of halogens is 2. The van der Waals surface area contributed by atoms with E-state index in [1.54, 1.807) is 39.0 Å². The van der Waals surface area contributed by atoms with Crippen molar-refractivity contribution in [2.75, 3.05) is 6.61 Å². The predicted octanol–water partition coefficient (Wildman–Crippen LogP) is 5.25. The quantitative estimate of drug-likeness (QED) is 0.525. The van der Waals surface area contributed by atoms with E-state index in [0.717, 1.165) is 5.56 Å². The van der Waals surface area contributed by atoms with Crippen LogP contribution in [0, 0.1) is 0 Å². The van der Waals surface area contributed by atoms with Crippen molar-refractivity contribution in [2.45, 2.75) is 38.8 Å². The number of rotatable bonds is 6. The van der Waals surface area contributed by atoms with Crippen LogP contribution >= 0.6 is 23.2 Å². The predicted molar refractivity (Wildman–Crippen MR) is 110 cm³/mol. The minimum absolute atomic E-state index is 0.0583. The van der Waals surface area contributed by atoms with Crippen LogP contribution < -0.4 is 0 Å². The summed E-state index contributed by atoms with van der Waals surface area (Å²) >= 11 is 12.2. The van der Waals surface area contributed by atoms with Crippen LogP contribution in [0.5, 0.6) is 0 Å². The lowest BCUT2D eigenvalue weighted by Gasteiger charge is -2.20. The van der Waals surface area contributed by atoms with Gasteiger partial charge in [0.2, 0.25) is 0 Å². The fourth-order valence-electron chi connectivity index (χ4n) is 2.54. The van der Waals surface area contributed by atoms with Crippen LogP contribution in [0.2, 0.25) is 10.0 Å². The van der Waals surface area contributed by atoms with E-state index in [4.69, 9.17) is 27.9 Å². The fourth-order valence-corrected chi connectivity index (χ4v) is 3.07. The Kier molecular flexibility index (Phi) is 7.42. The number of esters is 1. The van der Waals surface area contributed by atoms with Crippen molar-refractivity contribution in [2.24, 2.45) is 4.99 Å². The van der Waals surface area contributed by atoms with Crippen LogP contribution in [0.15, 0.2) is 53.5 Å². The lowest BCUT2D eigenvalue weighted by atomic mass is 10.0. The average Bonchev–Trinajstić information content (AvgIpc) is 2.56. The molecule has 1 N–H and O–H groups in total. The van der Waals surface area contributed by atoms with Gasteiger partial charge in [-0.2, -0.15) is 0 Å². The normalized spacial score (nSPS) is 13.3. The number of carbonyl (C=O) groups is 1. The maximum absolute atomic E-state index is 12.4. The van der Waals surface area contributed by atoms with Crippen LogP contribution in [0.1, 0.15) is 44.4 Å². The largest absolute Gasteiger partial charge is 0.460 e. The number of ether oxygens (including phenoxy) is 1. The third kappa shape index (κ3) is 6.98. The number of carbonyl (C=O) groups excluding carboxylic acids is 1. The third-order valence-electron chi connectivity index (χ3n) is 3.60. The molecule has 2 aromatic carbocycles. The van der Waals surface area contributed by atoms with E-state index in [0.29, 0.717) is 21.3 Å². The molecule has 0 fully saturated rings. The smallest absolute Gasteiger partial charge is 0.312 e. The Morgan fingerprint density at radius 3 is 2.22 bits per heavy atom. The summed E-state index contributed by atoms with van der Waals surface area (Å²) in [6, 6.07) is 13.9. The Bertz CT molecular complexity index is 794. The SMILES string of the molecule is CC(C)(C)OC(=O)CC(=N[C@H](CO)c1ccccc1)c1cc(Cl)cc(Cl)c1. The molecular formula is C21H23Cl2NO3. The number of aliphatic imine (C=N–C) groups is 1. The molecule has 0 unspecified atom stereocenters. The highest BCUT2D eigenvalue weighted by Gasteiger charge is 2.21. The van der Waals surface area contributed by atoms with Gasteiger partial charge in [0.05, 0.1) is 24.8 Å². The zero-order valence-corrected chi connectivity index (χ0v) is 17.1. The summed E-state index contributed by atoms with van der Waals surface area (Å²) in [5.41, 5.74) is 1.31. The van der Waals surface area contributed by atoms with Gasteiger partial charge in [-0.1, -0.05) is 53.5 Å². The third-order valence-corrected chi connectivity index (χ3v) is 4.03. The second-order valence-electron chi connectivity index (χ2n) is 7.11. The van der Waals surface area contributed by atoms with Gasteiger partial charge in [0.15, 0.2) is 0 Å². The fraction of sp³-hybridized carbons (Fsp3) is 0.333. The monoisotopic (exact) mass is 407 g/mol. The summed E-state index contributed by atoms with van der Waals surface area (Å²) in [6.45, 7) is 5.21. The second-order valence-corrected chi connectivity index (χ2v) is 7.98. The van der Waals surface area contributed by atoms with Gasteiger partial charge in [-0.15, -0.1) is 0 Å². The van der Waals surface area contributed by atoms with E-state index < -0.39 is 17.6 Å². The zero-order chi connectivity index (χ0) is 20.0. The number of nitrogens with zero attached hydrogens (tertiary/aromatic N) is 1. The lowest BCUT2D eigenvalue weighted by Crippen LogP contribution is -2.26. The highest BCUT2D eigenvalue weighted by atomic mass is 35.5. The van der Waals surface area contributed by atoms with Crippen molar-refractivity contribution in [3.63, 3.8) is 0 Å². The highest BCUT2D eigenvalue weighted by molar-refractivity contribution is 6.35. The average molecular weight is 408 g/mol. The molecule has 0 aliphatic carbocycles. The molecule has 0 amide bonds. The maximum atomic E-state index is 12.4. The first-order chi connectivity index (χ1) is 12.7. The topological polar surface area (TPSA) is 58.9 Å². The number of hydrogen-bond acceptors (Lipinski definition) is 4. The molecule has 4 nitrogen and oxygen atoms in total. The summed E-state index contributed by atoms with van der Waals surface area (Å²) < 4.78 is 5.42. The highest BCUT2D eigenvalue weighted by Crippen LogP contribution is 2.24. The molecule has 27 heavy (non-hydrogen) atoms. The summed E-state index contributed by atoms with van der Waals surface area (Å²) in [7, 11) is 0. The van der Waals surface area contributed by atoms with E-state index in [-0.39, 0.29) is 13.0 Å². The number of benzene rings is 2. The molecule has 0 aliphatic rings. The molecule has 6 heteroatoms. The zero-order valence-electron chi connectivity index (χ0n) is 15.6. The second kappa shape index (κ2) is 9.36. The lowest BCUT2D eigenvalue weighted by molar-refractivity contribution is -0.153. The molecule has 144 valence electrons. The maximum Gasteiger partial charge on any atom is 0.312 e. The Morgan fingerprint density at radius 1 is 1.11 bits per heavy atom. The molecule has 0 bridgehead atoms. The minimum atomic E-state index is -0.607. The summed E-state index contributed by atoms with van der Waals surface area (Å²) in [5.74, 6) is -0.415. The van der Waals surface area contributed by atoms with Crippen LogP contribution in [-0.2, 0) is 9.53 Å². The first-order valence-electron chi connectivity index (χ1n) is 8.59. The Labute approximate surface area is 169 Å². The summed E-state index contributed by atoms with van der Waals surface area (Å²) in [6.07, 6.45) is -0.0583. The Balaban J connectivity index is 2.43. The van der Waals surface area contributed by atoms with Crippen LogP contribution in [0.4, 0.5) is 0 Å². The Morgan fingerprint density at radius 2 is 1.70 bits per heavy atom. The van der Waals surface area contributed by atoms with Gasteiger partial charge in [0.1, 0.15) is 5.60 Å². The molecule has 2 rings (SSSR count). The van der Waals surface area contributed by atoms with Gasteiger partial charge in [-0.05, 0) is 50.1 Å². The molecule has 1 atom stereocenters. The van der Waals surface area contributed by atoms with Crippen LogP contribution in [-0.4, -0.2) is 29.0 Å². The molecule has 0 saturated heterocycles.